The van der Waals surface area contributed by atoms with E-state index in [0.29, 0.717) is 28.8 Å². The minimum absolute atomic E-state index is 0.0581. The average Bonchev–Trinajstić information content (AvgIpc) is 3.07. The Hall–Kier alpha value is -2.71. The minimum Gasteiger partial charge on any atom is -0.493 e. The summed E-state index contributed by atoms with van der Waals surface area (Å²) in [6.07, 6.45) is 3.06. The molecule has 0 saturated carbocycles. The fourth-order valence-electron chi connectivity index (χ4n) is 2.52. The van der Waals surface area contributed by atoms with Gasteiger partial charge in [-0.05, 0) is 29.8 Å². The van der Waals surface area contributed by atoms with Gasteiger partial charge in [0, 0.05) is 17.3 Å². The average molecular weight is 408 g/mol. The molecule has 0 bridgehead atoms. The van der Waals surface area contributed by atoms with Gasteiger partial charge in [0.25, 0.3) is 10.0 Å². The van der Waals surface area contributed by atoms with E-state index < -0.39 is 10.0 Å². The Morgan fingerprint density at radius 3 is 2.59 bits per heavy atom. The van der Waals surface area contributed by atoms with Gasteiger partial charge in [0.1, 0.15) is 0 Å². The third kappa shape index (κ3) is 4.53. The molecule has 1 N–H and O–H groups in total. The molecular formula is C18H18ClN3O4S. The van der Waals surface area contributed by atoms with Gasteiger partial charge >= 0.3 is 0 Å². The van der Waals surface area contributed by atoms with Crippen molar-refractivity contribution in [3.8, 4) is 11.5 Å². The maximum atomic E-state index is 12.6. The number of nitrogens with zero attached hydrogens (tertiary/aromatic N) is 2. The number of ether oxygens (including phenoxy) is 2. The van der Waals surface area contributed by atoms with E-state index in [2.05, 4.69) is 9.82 Å². The molecule has 0 amide bonds. The zero-order valence-corrected chi connectivity index (χ0v) is 16.3. The van der Waals surface area contributed by atoms with Crippen LogP contribution in [0, 0.1) is 0 Å². The summed E-state index contributed by atoms with van der Waals surface area (Å²) in [5.41, 5.74) is 1.31. The van der Waals surface area contributed by atoms with E-state index >= 15 is 0 Å². The van der Waals surface area contributed by atoms with Gasteiger partial charge in [0.2, 0.25) is 0 Å². The van der Waals surface area contributed by atoms with Gasteiger partial charge in [-0.3, -0.25) is 9.40 Å². The van der Waals surface area contributed by atoms with E-state index in [9.17, 15) is 8.42 Å². The molecule has 3 aromatic rings. The molecule has 0 aliphatic carbocycles. The molecule has 2 aromatic carbocycles. The van der Waals surface area contributed by atoms with Crippen LogP contribution < -0.4 is 14.2 Å². The van der Waals surface area contributed by atoms with Crippen molar-refractivity contribution < 1.29 is 17.9 Å². The highest BCUT2D eigenvalue weighted by Gasteiger charge is 2.18. The van der Waals surface area contributed by atoms with Crippen LogP contribution in [0.2, 0.25) is 5.02 Å². The van der Waals surface area contributed by atoms with Gasteiger partial charge in [-0.2, -0.15) is 5.10 Å². The van der Waals surface area contributed by atoms with Gasteiger partial charge in [0.05, 0.1) is 37.5 Å². The highest BCUT2D eigenvalue weighted by Crippen LogP contribution is 2.30. The van der Waals surface area contributed by atoms with Gasteiger partial charge in [-0.1, -0.05) is 23.7 Å². The lowest BCUT2D eigenvalue weighted by Crippen LogP contribution is -2.12. The van der Waals surface area contributed by atoms with Gasteiger partial charge in [-0.25, -0.2) is 8.42 Å². The summed E-state index contributed by atoms with van der Waals surface area (Å²) < 4.78 is 39.7. The predicted octanol–water partition coefficient (Wildman–Crippen LogP) is 3.40. The number of anilines is 1. The van der Waals surface area contributed by atoms with Crippen molar-refractivity contribution in [1.29, 1.82) is 0 Å². The van der Waals surface area contributed by atoms with Crippen molar-refractivity contribution in [3.05, 3.63) is 65.4 Å². The second-order valence-corrected chi connectivity index (χ2v) is 7.80. The molecule has 0 fully saturated rings. The largest absolute Gasteiger partial charge is 0.493 e. The first kappa shape index (κ1) is 19.1. The maximum Gasteiger partial charge on any atom is 0.262 e. The molecule has 142 valence electrons. The fourth-order valence-corrected chi connectivity index (χ4v) is 3.78. The number of nitrogens with one attached hydrogen (secondary N) is 1. The number of rotatable bonds is 7. The third-order valence-electron chi connectivity index (χ3n) is 3.78. The second-order valence-electron chi connectivity index (χ2n) is 5.68. The number of hydrogen-bond acceptors (Lipinski definition) is 5. The van der Waals surface area contributed by atoms with Crippen LogP contribution in [-0.4, -0.2) is 32.4 Å². The molecule has 9 heteroatoms. The Balaban J connectivity index is 1.78. The summed E-state index contributed by atoms with van der Waals surface area (Å²) in [4.78, 5) is 0.0581. The lowest BCUT2D eigenvalue weighted by Gasteiger charge is -2.10. The third-order valence-corrected chi connectivity index (χ3v) is 5.40. The lowest BCUT2D eigenvalue weighted by atomic mass is 10.2. The number of halogens is 1. The van der Waals surface area contributed by atoms with E-state index in [-0.39, 0.29) is 4.90 Å². The van der Waals surface area contributed by atoms with Gasteiger partial charge < -0.3 is 9.47 Å². The highest BCUT2D eigenvalue weighted by molar-refractivity contribution is 7.92. The van der Waals surface area contributed by atoms with Crippen molar-refractivity contribution in [2.24, 2.45) is 0 Å². The topological polar surface area (TPSA) is 82.5 Å². The maximum absolute atomic E-state index is 12.6. The summed E-state index contributed by atoms with van der Waals surface area (Å²) in [6, 6.07) is 11.8. The molecule has 0 spiro atoms. The summed E-state index contributed by atoms with van der Waals surface area (Å²) >= 11 is 5.98. The standard InChI is InChI=1S/C18H18ClN3O4S/c1-25-17-7-6-16(9-18(17)26-2)27(23,24)21-15-10-20-22(12-15)11-13-4-3-5-14(19)8-13/h3-10,12,21H,11H2,1-2H3. The van der Waals surface area contributed by atoms with Crippen molar-refractivity contribution in [3.63, 3.8) is 0 Å². The first-order chi connectivity index (χ1) is 12.9. The van der Waals surface area contributed by atoms with E-state index in [1.807, 2.05) is 18.2 Å². The van der Waals surface area contributed by atoms with Crippen LogP contribution in [-0.2, 0) is 16.6 Å². The molecule has 0 aliphatic heterocycles. The number of aromatic nitrogens is 2. The smallest absolute Gasteiger partial charge is 0.262 e. The number of methoxy groups -OCH3 is 2. The van der Waals surface area contributed by atoms with Gasteiger partial charge in [0.15, 0.2) is 11.5 Å². The Morgan fingerprint density at radius 2 is 1.89 bits per heavy atom. The monoisotopic (exact) mass is 407 g/mol. The van der Waals surface area contributed by atoms with E-state index in [0.717, 1.165) is 5.56 Å². The zero-order chi connectivity index (χ0) is 19.4. The SMILES string of the molecule is COc1ccc(S(=O)(=O)Nc2cnn(Cc3cccc(Cl)c3)c2)cc1OC. The lowest BCUT2D eigenvalue weighted by molar-refractivity contribution is 0.354. The molecule has 7 nitrogen and oxygen atoms in total. The van der Waals surface area contributed by atoms with Crippen molar-refractivity contribution in [1.82, 2.24) is 9.78 Å². The zero-order valence-electron chi connectivity index (χ0n) is 14.7. The Bertz CT molecular complexity index is 1050. The van der Waals surface area contributed by atoms with Crippen LogP contribution in [0.5, 0.6) is 11.5 Å². The Labute approximate surface area is 162 Å². The molecule has 3 rings (SSSR count). The van der Waals surface area contributed by atoms with Crippen LogP contribution in [0.25, 0.3) is 0 Å². The van der Waals surface area contributed by atoms with Gasteiger partial charge in [-0.15, -0.1) is 0 Å². The predicted molar refractivity (Wildman–Crippen MR) is 103 cm³/mol. The van der Waals surface area contributed by atoms with E-state index in [1.54, 1.807) is 16.9 Å². The number of sulfonamides is 1. The van der Waals surface area contributed by atoms with E-state index in [1.165, 1.54) is 38.6 Å². The second kappa shape index (κ2) is 7.89. The molecule has 27 heavy (non-hydrogen) atoms. The van der Waals surface area contributed by atoms with Crippen LogP contribution in [0.15, 0.2) is 59.8 Å². The van der Waals surface area contributed by atoms with Crippen LogP contribution in [0.1, 0.15) is 5.56 Å². The van der Waals surface area contributed by atoms with Crippen molar-refractivity contribution >= 4 is 27.3 Å². The summed E-state index contributed by atoms with van der Waals surface area (Å²) in [5.74, 6) is 0.780. The Kier molecular flexibility index (Phi) is 5.57. The van der Waals surface area contributed by atoms with E-state index in [4.69, 9.17) is 21.1 Å². The Morgan fingerprint density at radius 1 is 1.11 bits per heavy atom. The minimum atomic E-state index is -3.80. The summed E-state index contributed by atoms with van der Waals surface area (Å²) in [6.45, 7) is 0.471. The highest BCUT2D eigenvalue weighted by atomic mass is 35.5. The molecule has 0 unspecified atom stereocenters. The first-order valence-corrected chi connectivity index (χ1v) is 9.79. The van der Waals surface area contributed by atoms with Crippen LogP contribution in [0.4, 0.5) is 5.69 Å². The number of benzene rings is 2. The molecule has 0 radical (unpaired) electrons. The molecule has 1 aromatic heterocycles. The summed E-state index contributed by atoms with van der Waals surface area (Å²) in [5, 5.41) is 4.82. The van der Waals surface area contributed by atoms with Crippen LogP contribution >= 0.6 is 11.6 Å². The molecule has 0 saturated heterocycles. The quantitative estimate of drug-likeness (QED) is 0.649. The molecule has 0 atom stereocenters. The molecule has 1 heterocycles. The summed E-state index contributed by atoms with van der Waals surface area (Å²) in [7, 11) is -0.866. The molecule has 0 aliphatic rings. The fraction of sp³-hybridized carbons (Fsp3) is 0.167. The van der Waals surface area contributed by atoms with Crippen LogP contribution in [0.3, 0.4) is 0 Å². The van der Waals surface area contributed by atoms with Crippen molar-refractivity contribution in [2.45, 2.75) is 11.4 Å². The first-order valence-electron chi connectivity index (χ1n) is 7.93. The normalized spacial score (nSPS) is 11.2. The number of hydrogen-bond donors (Lipinski definition) is 1. The molecular weight excluding hydrogens is 390 g/mol. The van der Waals surface area contributed by atoms with Crippen molar-refractivity contribution in [2.75, 3.05) is 18.9 Å².